The van der Waals surface area contributed by atoms with Crippen LogP contribution in [-0.2, 0) is 11.3 Å². The summed E-state index contributed by atoms with van der Waals surface area (Å²) in [6.07, 6.45) is 2.87. The monoisotopic (exact) mass is 452 g/mol. The summed E-state index contributed by atoms with van der Waals surface area (Å²) in [4.78, 5) is 21.8. The molecule has 7 nitrogen and oxygen atoms in total. The molecule has 0 radical (unpaired) electrons. The van der Waals surface area contributed by atoms with E-state index in [-0.39, 0.29) is 23.4 Å². The van der Waals surface area contributed by atoms with Gasteiger partial charge in [0, 0.05) is 24.7 Å². The zero-order valence-corrected chi connectivity index (χ0v) is 18.6. The molecule has 34 heavy (non-hydrogen) atoms. The van der Waals surface area contributed by atoms with Crippen molar-refractivity contribution >= 4 is 17.5 Å². The van der Waals surface area contributed by atoms with E-state index in [1.165, 1.54) is 6.26 Å². The minimum Gasteiger partial charge on any atom is -0.459 e. The van der Waals surface area contributed by atoms with Crippen LogP contribution in [0.4, 0.5) is 11.6 Å². The molecule has 0 atom stereocenters. The fourth-order valence-electron chi connectivity index (χ4n) is 4.33. The number of amides is 1. The summed E-state index contributed by atoms with van der Waals surface area (Å²) in [5.74, 6) is 1.20. The van der Waals surface area contributed by atoms with E-state index in [1.807, 2.05) is 70.5 Å². The maximum atomic E-state index is 13.6. The number of oxazole rings is 1. The molecule has 3 heterocycles. The summed E-state index contributed by atoms with van der Waals surface area (Å²) in [6, 6.07) is 25.4. The van der Waals surface area contributed by atoms with Gasteiger partial charge in [-0.25, -0.2) is 0 Å². The van der Waals surface area contributed by atoms with Crippen LogP contribution in [0, 0.1) is 17.2 Å². The highest BCUT2D eigenvalue weighted by Crippen LogP contribution is 2.32. The van der Waals surface area contributed by atoms with Gasteiger partial charge in [-0.2, -0.15) is 10.2 Å². The van der Waals surface area contributed by atoms with Gasteiger partial charge in [0.05, 0.1) is 12.8 Å². The zero-order valence-electron chi connectivity index (χ0n) is 18.6. The third kappa shape index (κ3) is 4.44. The third-order valence-corrected chi connectivity index (χ3v) is 6.10. The molecule has 4 aromatic rings. The number of furan rings is 1. The number of carbonyl (C=O) groups is 1. The minimum atomic E-state index is -0.113. The van der Waals surface area contributed by atoms with E-state index < -0.39 is 0 Å². The standard InChI is InChI=1S/C27H24N4O3/c28-18-23-27(34-25(29-23)24-12-7-17-33-24)30-15-13-21(14-16-30)26(32)31(22-10-5-2-6-11-22)19-20-8-3-1-4-9-20/h1-12,17,21H,13-16,19H2. The van der Waals surface area contributed by atoms with Crippen molar-refractivity contribution in [2.24, 2.45) is 5.92 Å². The Morgan fingerprint density at radius 1 is 1.03 bits per heavy atom. The van der Waals surface area contributed by atoms with E-state index in [4.69, 9.17) is 8.83 Å². The Labute approximate surface area is 197 Å². The van der Waals surface area contributed by atoms with Gasteiger partial charge in [0.25, 0.3) is 5.89 Å². The topological polar surface area (TPSA) is 86.5 Å². The zero-order chi connectivity index (χ0) is 23.3. The first-order valence-electron chi connectivity index (χ1n) is 11.3. The fraction of sp³-hybridized carbons (Fsp3) is 0.222. The highest BCUT2D eigenvalue weighted by atomic mass is 16.4. The predicted octanol–water partition coefficient (Wildman–Crippen LogP) is 5.26. The molecule has 7 heteroatoms. The first-order valence-corrected chi connectivity index (χ1v) is 11.3. The molecular formula is C27H24N4O3. The van der Waals surface area contributed by atoms with E-state index in [1.54, 1.807) is 12.1 Å². The van der Waals surface area contributed by atoms with Crippen LogP contribution in [0.5, 0.6) is 0 Å². The molecule has 0 unspecified atom stereocenters. The van der Waals surface area contributed by atoms with Crippen molar-refractivity contribution in [2.45, 2.75) is 19.4 Å². The Morgan fingerprint density at radius 2 is 1.74 bits per heavy atom. The molecule has 170 valence electrons. The molecule has 0 aliphatic carbocycles. The lowest BCUT2D eigenvalue weighted by molar-refractivity contribution is -0.123. The van der Waals surface area contributed by atoms with E-state index in [0.717, 1.165) is 11.3 Å². The molecule has 5 rings (SSSR count). The molecule has 1 aliphatic rings. The van der Waals surface area contributed by atoms with E-state index >= 15 is 0 Å². The Balaban J connectivity index is 1.31. The number of aromatic nitrogens is 1. The van der Waals surface area contributed by atoms with Crippen LogP contribution in [0.2, 0.25) is 0 Å². The van der Waals surface area contributed by atoms with Gasteiger partial charge >= 0.3 is 0 Å². The van der Waals surface area contributed by atoms with Gasteiger partial charge in [-0.1, -0.05) is 48.5 Å². The van der Waals surface area contributed by atoms with E-state index in [9.17, 15) is 10.1 Å². The predicted molar refractivity (Wildman–Crippen MR) is 128 cm³/mol. The minimum absolute atomic E-state index is 0.113. The Kier molecular flexibility index (Phi) is 6.13. The fourth-order valence-corrected chi connectivity index (χ4v) is 4.33. The van der Waals surface area contributed by atoms with Gasteiger partial charge in [-0.3, -0.25) is 4.79 Å². The molecule has 0 N–H and O–H groups in total. The number of hydrogen-bond donors (Lipinski definition) is 0. The number of rotatable bonds is 6. The second-order valence-corrected chi connectivity index (χ2v) is 8.27. The third-order valence-electron chi connectivity index (χ3n) is 6.10. The highest BCUT2D eigenvalue weighted by Gasteiger charge is 2.32. The number of anilines is 2. The lowest BCUT2D eigenvalue weighted by Gasteiger charge is -2.34. The van der Waals surface area contributed by atoms with Crippen molar-refractivity contribution in [1.29, 1.82) is 5.26 Å². The van der Waals surface area contributed by atoms with Crippen LogP contribution in [0.25, 0.3) is 11.7 Å². The number of benzene rings is 2. The Hall–Kier alpha value is -4.31. The molecule has 1 saturated heterocycles. The normalized spacial score (nSPS) is 14.0. The summed E-state index contributed by atoms with van der Waals surface area (Å²) in [6.45, 7) is 1.73. The second kappa shape index (κ2) is 9.67. The largest absolute Gasteiger partial charge is 0.459 e. The molecule has 0 spiro atoms. The first kappa shape index (κ1) is 21.5. The van der Waals surface area contributed by atoms with Crippen molar-refractivity contribution in [3.63, 3.8) is 0 Å². The number of piperidine rings is 1. The summed E-state index contributed by atoms with van der Waals surface area (Å²) in [5.41, 5.74) is 2.21. The number of hydrogen-bond acceptors (Lipinski definition) is 6. The molecule has 0 saturated carbocycles. The van der Waals surface area contributed by atoms with Crippen LogP contribution < -0.4 is 9.80 Å². The summed E-state index contributed by atoms with van der Waals surface area (Å²) >= 11 is 0. The van der Waals surface area contributed by atoms with Gasteiger partial charge in [-0.15, -0.1) is 0 Å². The lowest BCUT2D eigenvalue weighted by Crippen LogP contribution is -2.42. The quantitative estimate of drug-likeness (QED) is 0.397. The molecule has 1 fully saturated rings. The van der Waals surface area contributed by atoms with Crippen molar-refractivity contribution in [3.8, 4) is 17.7 Å². The van der Waals surface area contributed by atoms with Crippen molar-refractivity contribution < 1.29 is 13.6 Å². The van der Waals surface area contributed by atoms with Crippen molar-refractivity contribution in [2.75, 3.05) is 22.9 Å². The number of nitrogens with zero attached hydrogens (tertiary/aromatic N) is 4. The van der Waals surface area contributed by atoms with Gasteiger partial charge in [0.1, 0.15) is 6.07 Å². The number of para-hydroxylation sites is 1. The summed E-state index contributed by atoms with van der Waals surface area (Å²) < 4.78 is 11.2. The average Bonchev–Trinajstić information content (AvgIpc) is 3.58. The Morgan fingerprint density at radius 3 is 2.38 bits per heavy atom. The molecular weight excluding hydrogens is 428 g/mol. The lowest BCUT2D eigenvalue weighted by atomic mass is 9.94. The summed E-state index contributed by atoms with van der Waals surface area (Å²) in [7, 11) is 0. The van der Waals surface area contributed by atoms with Gasteiger partial charge in [-0.05, 0) is 42.7 Å². The summed E-state index contributed by atoms with van der Waals surface area (Å²) in [5, 5.41) is 9.55. The van der Waals surface area contributed by atoms with Gasteiger partial charge < -0.3 is 18.6 Å². The maximum Gasteiger partial charge on any atom is 0.266 e. The van der Waals surface area contributed by atoms with E-state index in [2.05, 4.69) is 11.1 Å². The SMILES string of the molecule is N#Cc1nc(-c2ccco2)oc1N1CCC(C(=O)N(Cc2ccccc2)c2ccccc2)CC1. The molecule has 2 aromatic heterocycles. The molecule has 1 amide bonds. The van der Waals surface area contributed by atoms with Crippen molar-refractivity contribution in [3.05, 3.63) is 90.3 Å². The smallest absolute Gasteiger partial charge is 0.266 e. The maximum absolute atomic E-state index is 13.6. The molecule has 0 bridgehead atoms. The highest BCUT2D eigenvalue weighted by molar-refractivity contribution is 5.95. The van der Waals surface area contributed by atoms with Gasteiger partial charge in [0.15, 0.2) is 5.76 Å². The van der Waals surface area contributed by atoms with Crippen LogP contribution in [-0.4, -0.2) is 24.0 Å². The number of carbonyl (C=O) groups excluding carboxylic acids is 1. The second-order valence-electron chi connectivity index (χ2n) is 8.27. The van der Waals surface area contributed by atoms with Crippen LogP contribution in [0.1, 0.15) is 24.1 Å². The Bertz CT molecular complexity index is 1270. The molecule has 1 aliphatic heterocycles. The first-order chi connectivity index (χ1) is 16.7. The van der Waals surface area contributed by atoms with Crippen molar-refractivity contribution in [1.82, 2.24) is 4.98 Å². The average molecular weight is 453 g/mol. The van der Waals surface area contributed by atoms with Crippen LogP contribution in [0.15, 0.2) is 87.9 Å². The van der Waals surface area contributed by atoms with Crippen LogP contribution in [0.3, 0.4) is 0 Å². The van der Waals surface area contributed by atoms with Gasteiger partial charge in [0.2, 0.25) is 17.5 Å². The number of nitriles is 1. The molecule has 2 aromatic carbocycles. The van der Waals surface area contributed by atoms with E-state index in [0.29, 0.717) is 44.1 Å². The van der Waals surface area contributed by atoms with Crippen LogP contribution >= 0.6 is 0 Å².